The van der Waals surface area contributed by atoms with Crippen LogP contribution in [0.3, 0.4) is 0 Å². The maximum Gasteiger partial charge on any atom is 0.471 e. The van der Waals surface area contributed by atoms with Crippen molar-refractivity contribution in [3.63, 3.8) is 0 Å². The van der Waals surface area contributed by atoms with Crippen molar-refractivity contribution in [2.75, 3.05) is 15.4 Å². The van der Waals surface area contributed by atoms with Crippen molar-refractivity contribution in [2.24, 2.45) is 5.73 Å². The van der Waals surface area contributed by atoms with E-state index in [0.29, 0.717) is 0 Å². The van der Waals surface area contributed by atoms with Crippen LogP contribution in [0.4, 0.5) is 35.0 Å². The van der Waals surface area contributed by atoms with Crippen molar-refractivity contribution >= 4 is 39.0 Å². The molecule has 0 bridgehead atoms. The van der Waals surface area contributed by atoms with Crippen LogP contribution in [0.5, 0.6) is 0 Å². The van der Waals surface area contributed by atoms with E-state index in [1.54, 1.807) is 5.32 Å². The Bertz CT molecular complexity index is 960. The summed E-state index contributed by atoms with van der Waals surface area (Å²) in [5.41, 5.74) is 5.14. The third-order valence-corrected chi connectivity index (χ3v) is 4.46. The molecule has 0 saturated carbocycles. The minimum absolute atomic E-state index is 0.121. The second kappa shape index (κ2) is 7.53. The highest BCUT2D eigenvalue weighted by atomic mass is 32.2. The quantitative estimate of drug-likeness (QED) is 0.612. The molecule has 12 heteroatoms. The van der Waals surface area contributed by atoms with Crippen molar-refractivity contribution in [2.45, 2.75) is 11.1 Å². The Morgan fingerprint density at radius 1 is 0.889 bits per heavy atom. The standard InChI is InChI=1S/C15H13F3N4O4S/c16-15(17,18)13(23)20-9-4-6-12(7-5-9)27(25,26)22-11-3-1-2-10(8-11)21-14(19)24/h1-8,22H,(H,20,23)(H3,19,21,24). The van der Waals surface area contributed by atoms with Gasteiger partial charge in [0.05, 0.1) is 10.6 Å². The number of sulfonamides is 1. The fourth-order valence-electron chi connectivity index (χ4n) is 1.94. The molecule has 8 nitrogen and oxygen atoms in total. The molecule has 0 aromatic heterocycles. The lowest BCUT2D eigenvalue weighted by molar-refractivity contribution is -0.167. The van der Waals surface area contributed by atoms with E-state index in [-0.39, 0.29) is 22.0 Å². The summed E-state index contributed by atoms with van der Waals surface area (Å²) in [7, 11) is -4.06. The summed E-state index contributed by atoms with van der Waals surface area (Å²) in [6.45, 7) is 0. The van der Waals surface area contributed by atoms with Gasteiger partial charge >= 0.3 is 18.1 Å². The minimum Gasteiger partial charge on any atom is -0.351 e. The zero-order valence-electron chi connectivity index (χ0n) is 13.4. The highest BCUT2D eigenvalue weighted by Gasteiger charge is 2.38. The van der Waals surface area contributed by atoms with Crippen molar-refractivity contribution in [3.8, 4) is 0 Å². The summed E-state index contributed by atoms with van der Waals surface area (Å²) in [6.07, 6.45) is -5.06. The van der Waals surface area contributed by atoms with E-state index in [9.17, 15) is 31.2 Å². The number of benzene rings is 2. The fourth-order valence-corrected chi connectivity index (χ4v) is 2.99. The van der Waals surface area contributed by atoms with E-state index >= 15 is 0 Å². The van der Waals surface area contributed by atoms with Gasteiger partial charge in [0.1, 0.15) is 0 Å². The molecule has 5 N–H and O–H groups in total. The molecule has 0 aliphatic carbocycles. The Morgan fingerprint density at radius 2 is 1.48 bits per heavy atom. The average molecular weight is 402 g/mol. The molecular formula is C15H13F3N4O4S. The summed E-state index contributed by atoms with van der Waals surface area (Å²) in [5, 5.41) is 3.89. The van der Waals surface area contributed by atoms with Crippen LogP contribution < -0.4 is 21.1 Å². The van der Waals surface area contributed by atoms with E-state index in [4.69, 9.17) is 5.73 Å². The lowest BCUT2D eigenvalue weighted by atomic mass is 10.3. The number of nitrogens with one attached hydrogen (secondary N) is 3. The largest absolute Gasteiger partial charge is 0.471 e. The Morgan fingerprint density at radius 3 is 2.04 bits per heavy atom. The first kappa shape index (κ1) is 20.0. The van der Waals surface area contributed by atoms with Gasteiger partial charge in [-0.2, -0.15) is 13.2 Å². The topological polar surface area (TPSA) is 130 Å². The van der Waals surface area contributed by atoms with Gasteiger partial charge in [0.2, 0.25) is 0 Å². The average Bonchev–Trinajstić information content (AvgIpc) is 2.53. The van der Waals surface area contributed by atoms with Crippen molar-refractivity contribution in [3.05, 3.63) is 48.5 Å². The number of halogens is 3. The smallest absolute Gasteiger partial charge is 0.351 e. The third kappa shape index (κ3) is 5.60. The van der Waals surface area contributed by atoms with Crippen LogP contribution in [0.1, 0.15) is 0 Å². The minimum atomic E-state index is -5.06. The van der Waals surface area contributed by atoms with Crippen molar-refractivity contribution in [1.82, 2.24) is 0 Å². The van der Waals surface area contributed by atoms with Crippen LogP contribution in [0.25, 0.3) is 0 Å². The van der Waals surface area contributed by atoms with E-state index in [0.717, 1.165) is 24.3 Å². The number of carbonyl (C=O) groups excluding carboxylic acids is 2. The van der Waals surface area contributed by atoms with Crippen LogP contribution in [-0.4, -0.2) is 26.5 Å². The van der Waals surface area contributed by atoms with Gasteiger partial charge in [0.25, 0.3) is 10.0 Å². The van der Waals surface area contributed by atoms with Gasteiger partial charge in [0, 0.05) is 11.4 Å². The lowest BCUT2D eigenvalue weighted by Crippen LogP contribution is -2.29. The Hall–Kier alpha value is -3.28. The van der Waals surface area contributed by atoms with Gasteiger partial charge in [-0.05, 0) is 42.5 Å². The Balaban J connectivity index is 2.15. The van der Waals surface area contributed by atoms with Crippen molar-refractivity contribution < 1.29 is 31.2 Å². The molecule has 27 heavy (non-hydrogen) atoms. The predicted molar refractivity (Wildman–Crippen MR) is 91.6 cm³/mol. The molecule has 0 unspecified atom stereocenters. The molecular weight excluding hydrogens is 389 g/mol. The van der Waals surface area contributed by atoms with Gasteiger partial charge in [-0.3, -0.25) is 9.52 Å². The predicted octanol–water partition coefficient (Wildman–Crippen LogP) is 2.48. The number of alkyl halides is 3. The first-order valence-electron chi connectivity index (χ1n) is 7.15. The molecule has 0 aliphatic rings. The second-order valence-corrected chi connectivity index (χ2v) is 6.83. The second-order valence-electron chi connectivity index (χ2n) is 5.15. The monoisotopic (exact) mass is 402 g/mol. The molecule has 0 spiro atoms. The number of primary amides is 1. The first-order chi connectivity index (χ1) is 12.5. The third-order valence-electron chi connectivity index (χ3n) is 3.06. The zero-order valence-corrected chi connectivity index (χ0v) is 14.2. The SMILES string of the molecule is NC(=O)Nc1cccc(NS(=O)(=O)c2ccc(NC(=O)C(F)(F)F)cc2)c1. The van der Waals surface area contributed by atoms with E-state index in [2.05, 4.69) is 10.0 Å². The van der Waals surface area contributed by atoms with Crippen LogP contribution in [-0.2, 0) is 14.8 Å². The van der Waals surface area contributed by atoms with Crippen LogP contribution in [0.15, 0.2) is 53.4 Å². The molecule has 0 radical (unpaired) electrons. The number of amides is 3. The van der Waals surface area contributed by atoms with Gasteiger partial charge in [-0.25, -0.2) is 13.2 Å². The summed E-state index contributed by atoms with van der Waals surface area (Å²) < 4.78 is 63.5. The normalized spacial score (nSPS) is 11.5. The van der Waals surface area contributed by atoms with E-state index in [1.807, 2.05) is 0 Å². The number of hydrogen-bond acceptors (Lipinski definition) is 4. The fraction of sp³-hybridized carbons (Fsp3) is 0.0667. The summed E-state index contributed by atoms with van der Waals surface area (Å²) in [4.78, 5) is 21.4. The number of nitrogens with two attached hydrogens (primary N) is 1. The number of urea groups is 1. The Kier molecular flexibility index (Phi) is 5.59. The van der Waals surface area contributed by atoms with Gasteiger partial charge in [-0.15, -0.1) is 0 Å². The molecule has 0 atom stereocenters. The highest BCUT2D eigenvalue weighted by Crippen LogP contribution is 2.22. The number of anilines is 3. The molecule has 2 rings (SSSR count). The number of hydrogen-bond donors (Lipinski definition) is 4. The zero-order chi connectivity index (χ0) is 20.2. The number of carbonyl (C=O) groups is 2. The van der Waals surface area contributed by atoms with Gasteiger partial charge < -0.3 is 16.4 Å². The van der Waals surface area contributed by atoms with Gasteiger partial charge in [-0.1, -0.05) is 6.07 Å². The molecule has 2 aromatic carbocycles. The van der Waals surface area contributed by atoms with E-state index < -0.39 is 28.1 Å². The molecule has 0 saturated heterocycles. The molecule has 0 heterocycles. The van der Waals surface area contributed by atoms with Crippen molar-refractivity contribution in [1.29, 1.82) is 0 Å². The van der Waals surface area contributed by atoms with Crippen LogP contribution in [0.2, 0.25) is 0 Å². The number of rotatable bonds is 5. The first-order valence-corrected chi connectivity index (χ1v) is 8.63. The highest BCUT2D eigenvalue weighted by molar-refractivity contribution is 7.92. The van der Waals surface area contributed by atoms with Crippen LogP contribution in [0, 0.1) is 0 Å². The molecule has 0 fully saturated rings. The lowest BCUT2D eigenvalue weighted by Gasteiger charge is -2.11. The summed E-state index contributed by atoms with van der Waals surface area (Å²) in [5.74, 6) is -2.17. The molecule has 0 aliphatic heterocycles. The maximum absolute atomic E-state index is 12.3. The van der Waals surface area contributed by atoms with Gasteiger partial charge in [0.15, 0.2) is 0 Å². The summed E-state index contributed by atoms with van der Waals surface area (Å²) >= 11 is 0. The molecule has 144 valence electrons. The summed E-state index contributed by atoms with van der Waals surface area (Å²) in [6, 6.07) is 8.96. The molecule has 3 amide bonds. The van der Waals surface area contributed by atoms with E-state index in [1.165, 1.54) is 24.3 Å². The maximum atomic E-state index is 12.3. The Labute approximate surface area is 151 Å². The molecule has 2 aromatic rings. The van der Waals surface area contributed by atoms with Crippen LogP contribution >= 0.6 is 0 Å².